The molecular formula is C13H19N3. The molecular weight excluding hydrogens is 198 g/mol. The zero-order valence-corrected chi connectivity index (χ0v) is 9.96. The van der Waals surface area contributed by atoms with Crippen molar-refractivity contribution in [2.24, 2.45) is 10.7 Å². The molecule has 0 aromatic heterocycles. The fourth-order valence-corrected chi connectivity index (χ4v) is 2.20. The van der Waals surface area contributed by atoms with Gasteiger partial charge in [-0.2, -0.15) is 0 Å². The number of nitrogens with one attached hydrogen (secondary N) is 1. The van der Waals surface area contributed by atoms with Crippen LogP contribution in [-0.2, 0) is 6.42 Å². The Morgan fingerprint density at radius 3 is 2.94 bits per heavy atom. The van der Waals surface area contributed by atoms with Crippen molar-refractivity contribution in [3.8, 4) is 0 Å². The van der Waals surface area contributed by atoms with E-state index in [2.05, 4.69) is 42.4 Å². The Morgan fingerprint density at radius 1 is 1.50 bits per heavy atom. The van der Waals surface area contributed by atoms with Gasteiger partial charge >= 0.3 is 0 Å². The normalized spacial score (nSPS) is 16.8. The minimum atomic E-state index is -0.103. The zero-order valence-electron chi connectivity index (χ0n) is 9.96. The number of aliphatic imine (C=N–C) groups is 1. The summed E-state index contributed by atoms with van der Waals surface area (Å²) in [5.41, 5.74) is 10.1. The van der Waals surface area contributed by atoms with Gasteiger partial charge in [-0.05, 0) is 30.0 Å². The smallest absolute Gasteiger partial charge is 0.118 e. The summed E-state index contributed by atoms with van der Waals surface area (Å²) in [6.45, 7) is 6.07. The van der Waals surface area contributed by atoms with E-state index in [9.17, 15) is 0 Å². The van der Waals surface area contributed by atoms with E-state index in [-0.39, 0.29) is 6.04 Å². The van der Waals surface area contributed by atoms with Crippen LogP contribution in [0.2, 0.25) is 0 Å². The van der Waals surface area contributed by atoms with Gasteiger partial charge in [0.25, 0.3) is 0 Å². The second-order valence-corrected chi connectivity index (χ2v) is 4.16. The van der Waals surface area contributed by atoms with Gasteiger partial charge in [-0.15, -0.1) is 0 Å². The first-order chi connectivity index (χ1) is 7.74. The van der Waals surface area contributed by atoms with Gasteiger partial charge in [0, 0.05) is 6.54 Å². The quantitative estimate of drug-likeness (QED) is 0.807. The molecule has 1 heterocycles. The Balaban J connectivity index is 2.32. The van der Waals surface area contributed by atoms with Gasteiger partial charge in [-0.25, -0.2) is 0 Å². The molecule has 1 aliphatic rings. The van der Waals surface area contributed by atoms with E-state index in [1.54, 1.807) is 0 Å². The summed E-state index contributed by atoms with van der Waals surface area (Å²) >= 11 is 0. The third-order valence-electron chi connectivity index (χ3n) is 3.20. The molecule has 0 radical (unpaired) electrons. The lowest BCUT2D eigenvalue weighted by Gasteiger charge is -2.17. The van der Waals surface area contributed by atoms with Crippen LogP contribution < -0.4 is 11.1 Å². The molecule has 86 valence electrons. The largest absolute Gasteiger partial charge is 0.370 e. The fraction of sp³-hybridized carbons (Fsp3) is 0.462. The first-order valence-electron chi connectivity index (χ1n) is 5.86. The summed E-state index contributed by atoms with van der Waals surface area (Å²) in [6, 6.07) is 6.24. The topological polar surface area (TPSA) is 50.4 Å². The molecule has 0 fully saturated rings. The van der Waals surface area contributed by atoms with Crippen molar-refractivity contribution in [3.05, 3.63) is 34.9 Å². The van der Waals surface area contributed by atoms with Gasteiger partial charge in [0.2, 0.25) is 0 Å². The lowest BCUT2D eigenvalue weighted by molar-refractivity contribution is 0.881. The standard InChI is InChI=1S/C13H19N3/c1-3-10-5-4-6-11(9(10)2)12(14)13-15-7-8-16-13/h4-6,12H,3,7-8,14H2,1-2H3,(H,15,16). The van der Waals surface area contributed by atoms with E-state index in [4.69, 9.17) is 5.73 Å². The molecule has 1 aliphatic heterocycles. The molecule has 1 atom stereocenters. The Morgan fingerprint density at radius 2 is 2.31 bits per heavy atom. The van der Waals surface area contributed by atoms with Crippen LogP contribution in [-0.4, -0.2) is 18.9 Å². The average Bonchev–Trinajstić information content (AvgIpc) is 2.82. The molecule has 1 aromatic rings. The first kappa shape index (κ1) is 11.1. The van der Waals surface area contributed by atoms with Crippen molar-refractivity contribution in [1.82, 2.24) is 5.32 Å². The van der Waals surface area contributed by atoms with E-state index in [0.717, 1.165) is 25.3 Å². The molecule has 0 saturated heterocycles. The molecule has 0 spiro atoms. The summed E-state index contributed by atoms with van der Waals surface area (Å²) in [7, 11) is 0. The number of nitrogens with zero attached hydrogens (tertiary/aromatic N) is 1. The van der Waals surface area contributed by atoms with Crippen molar-refractivity contribution in [1.29, 1.82) is 0 Å². The Hall–Kier alpha value is -1.35. The summed E-state index contributed by atoms with van der Waals surface area (Å²) in [4.78, 5) is 4.39. The highest BCUT2D eigenvalue weighted by molar-refractivity contribution is 5.89. The van der Waals surface area contributed by atoms with Crippen molar-refractivity contribution in [2.45, 2.75) is 26.3 Å². The molecule has 0 bridgehead atoms. The molecule has 0 aliphatic carbocycles. The van der Waals surface area contributed by atoms with E-state index in [1.807, 2.05) is 0 Å². The van der Waals surface area contributed by atoms with Crippen LogP contribution in [0.25, 0.3) is 0 Å². The summed E-state index contributed by atoms with van der Waals surface area (Å²) < 4.78 is 0. The van der Waals surface area contributed by atoms with Gasteiger partial charge in [0.05, 0.1) is 12.6 Å². The van der Waals surface area contributed by atoms with Crippen LogP contribution in [0.1, 0.15) is 29.7 Å². The van der Waals surface area contributed by atoms with Crippen LogP contribution >= 0.6 is 0 Å². The predicted octanol–water partition coefficient (Wildman–Crippen LogP) is 1.56. The number of aryl methyl sites for hydroxylation is 1. The van der Waals surface area contributed by atoms with Gasteiger partial charge in [-0.1, -0.05) is 25.1 Å². The zero-order chi connectivity index (χ0) is 11.5. The molecule has 16 heavy (non-hydrogen) atoms. The molecule has 1 aromatic carbocycles. The summed E-state index contributed by atoms with van der Waals surface area (Å²) in [5.74, 6) is 0.927. The SMILES string of the molecule is CCc1cccc(C(N)C2=NCCN2)c1C. The lowest BCUT2D eigenvalue weighted by atomic mass is 9.95. The van der Waals surface area contributed by atoms with Gasteiger partial charge in [0.1, 0.15) is 5.84 Å². The van der Waals surface area contributed by atoms with Gasteiger partial charge < -0.3 is 11.1 Å². The number of hydrogen-bond acceptors (Lipinski definition) is 3. The third kappa shape index (κ3) is 1.95. The molecule has 0 amide bonds. The highest BCUT2D eigenvalue weighted by atomic mass is 15.1. The van der Waals surface area contributed by atoms with E-state index >= 15 is 0 Å². The van der Waals surface area contributed by atoms with Crippen LogP contribution in [0.15, 0.2) is 23.2 Å². The average molecular weight is 217 g/mol. The Bertz CT molecular complexity index is 410. The second kappa shape index (κ2) is 4.66. The molecule has 3 nitrogen and oxygen atoms in total. The number of rotatable bonds is 3. The minimum absolute atomic E-state index is 0.103. The maximum atomic E-state index is 6.23. The molecule has 3 heteroatoms. The number of benzene rings is 1. The highest BCUT2D eigenvalue weighted by Crippen LogP contribution is 2.21. The van der Waals surface area contributed by atoms with Crippen LogP contribution in [0.4, 0.5) is 0 Å². The van der Waals surface area contributed by atoms with Crippen LogP contribution in [0.3, 0.4) is 0 Å². The lowest BCUT2D eigenvalue weighted by Crippen LogP contribution is -2.31. The number of amidine groups is 1. The van der Waals surface area contributed by atoms with Gasteiger partial charge in [-0.3, -0.25) is 4.99 Å². The highest BCUT2D eigenvalue weighted by Gasteiger charge is 2.18. The van der Waals surface area contributed by atoms with Crippen LogP contribution in [0.5, 0.6) is 0 Å². The van der Waals surface area contributed by atoms with Crippen molar-refractivity contribution >= 4 is 5.84 Å². The predicted molar refractivity (Wildman–Crippen MR) is 67.8 cm³/mol. The summed E-state index contributed by atoms with van der Waals surface area (Å²) in [6.07, 6.45) is 1.05. The Labute approximate surface area is 96.8 Å². The number of hydrogen-bond donors (Lipinski definition) is 2. The van der Waals surface area contributed by atoms with Crippen molar-refractivity contribution < 1.29 is 0 Å². The fourth-order valence-electron chi connectivity index (χ4n) is 2.20. The maximum Gasteiger partial charge on any atom is 0.118 e. The molecule has 2 rings (SSSR count). The van der Waals surface area contributed by atoms with Crippen molar-refractivity contribution in [3.63, 3.8) is 0 Å². The van der Waals surface area contributed by atoms with Gasteiger partial charge in [0.15, 0.2) is 0 Å². The van der Waals surface area contributed by atoms with E-state index in [1.165, 1.54) is 16.7 Å². The van der Waals surface area contributed by atoms with E-state index in [0.29, 0.717) is 0 Å². The number of nitrogens with two attached hydrogens (primary N) is 1. The summed E-state index contributed by atoms with van der Waals surface area (Å²) in [5, 5.41) is 3.24. The molecule has 3 N–H and O–H groups in total. The first-order valence-corrected chi connectivity index (χ1v) is 5.86. The van der Waals surface area contributed by atoms with Crippen LogP contribution in [0, 0.1) is 6.92 Å². The molecule has 0 saturated carbocycles. The minimum Gasteiger partial charge on any atom is -0.370 e. The third-order valence-corrected chi connectivity index (χ3v) is 3.20. The van der Waals surface area contributed by atoms with E-state index < -0.39 is 0 Å². The Kier molecular flexibility index (Phi) is 3.25. The molecule has 1 unspecified atom stereocenters. The monoisotopic (exact) mass is 217 g/mol. The van der Waals surface area contributed by atoms with Crippen molar-refractivity contribution in [2.75, 3.05) is 13.1 Å². The second-order valence-electron chi connectivity index (χ2n) is 4.16. The maximum absolute atomic E-state index is 6.23.